The van der Waals surface area contributed by atoms with Crippen LogP contribution in [-0.2, 0) is 6.42 Å². The molecule has 0 fully saturated rings. The smallest absolute Gasteiger partial charge is 0.419 e. The van der Waals surface area contributed by atoms with E-state index in [9.17, 15) is 4.79 Å². The molecule has 0 aliphatic carbocycles. The zero-order chi connectivity index (χ0) is 10.4. The summed E-state index contributed by atoms with van der Waals surface area (Å²) in [6.07, 6.45) is -0.404. The van der Waals surface area contributed by atoms with E-state index < -0.39 is 6.09 Å². The van der Waals surface area contributed by atoms with Crippen LogP contribution in [0.4, 0.5) is 10.5 Å². The van der Waals surface area contributed by atoms with E-state index in [1.807, 2.05) is 24.3 Å². The number of hydrogen-bond donors (Lipinski definition) is 4. The summed E-state index contributed by atoms with van der Waals surface area (Å²) in [5.41, 5.74) is 12.0. The summed E-state index contributed by atoms with van der Waals surface area (Å²) in [4.78, 5) is 10.1. The highest BCUT2D eigenvalue weighted by atomic mass is 16.4. The Bertz CT molecular complexity index is 315. The highest BCUT2D eigenvalue weighted by Gasteiger charge is 1.97. The second-order valence-corrected chi connectivity index (χ2v) is 2.81. The molecular formula is C9H13N3O2. The molecule has 1 amide bonds. The number of nitrogens with two attached hydrogens (primary N) is 1. The molecular weight excluding hydrogens is 182 g/mol. The number of nitrogens with one attached hydrogen (secondary N) is 2. The van der Waals surface area contributed by atoms with E-state index in [0.717, 1.165) is 11.3 Å². The van der Waals surface area contributed by atoms with Gasteiger partial charge in [-0.05, 0) is 18.1 Å². The van der Waals surface area contributed by atoms with Crippen molar-refractivity contribution in [2.24, 2.45) is 0 Å². The molecule has 14 heavy (non-hydrogen) atoms. The fourth-order valence-electron chi connectivity index (χ4n) is 1.10. The quantitative estimate of drug-likeness (QED) is 0.321. The number of hydrazine groups is 1. The molecule has 0 bridgehead atoms. The Morgan fingerprint density at radius 1 is 1.43 bits per heavy atom. The first kappa shape index (κ1) is 10.3. The summed E-state index contributed by atoms with van der Waals surface area (Å²) >= 11 is 0. The van der Waals surface area contributed by atoms with Gasteiger partial charge in [0.15, 0.2) is 0 Å². The van der Waals surface area contributed by atoms with Crippen LogP contribution in [0.1, 0.15) is 5.56 Å². The maximum atomic E-state index is 10.1. The first-order chi connectivity index (χ1) is 6.70. The summed E-state index contributed by atoms with van der Waals surface area (Å²) in [7, 11) is 0. The van der Waals surface area contributed by atoms with Gasteiger partial charge in [-0.25, -0.2) is 10.2 Å². The van der Waals surface area contributed by atoms with Crippen molar-refractivity contribution in [3.63, 3.8) is 0 Å². The lowest BCUT2D eigenvalue weighted by molar-refractivity contribution is 0.189. The van der Waals surface area contributed by atoms with E-state index in [4.69, 9.17) is 10.8 Å². The zero-order valence-corrected chi connectivity index (χ0v) is 7.66. The maximum absolute atomic E-state index is 10.1. The molecule has 1 rings (SSSR count). The molecule has 0 heterocycles. The van der Waals surface area contributed by atoms with E-state index in [1.54, 1.807) is 0 Å². The van der Waals surface area contributed by atoms with Crippen molar-refractivity contribution in [1.82, 2.24) is 10.9 Å². The van der Waals surface area contributed by atoms with Crippen molar-refractivity contribution in [2.75, 3.05) is 12.3 Å². The van der Waals surface area contributed by atoms with Crippen LogP contribution < -0.4 is 16.6 Å². The molecule has 0 aromatic heterocycles. The number of hydrogen-bond acceptors (Lipinski definition) is 3. The van der Waals surface area contributed by atoms with Crippen LogP contribution in [0.15, 0.2) is 24.3 Å². The van der Waals surface area contributed by atoms with E-state index in [-0.39, 0.29) is 0 Å². The normalized spacial score (nSPS) is 9.71. The molecule has 1 aromatic carbocycles. The largest absolute Gasteiger partial charge is 0.464 e. The Kier molecular flexibility index (Phi) is 3.75. The zero-order valence-electron chi connectivity index (χ0n) is 7.66. The minimum Gasteiger partial charge on any atom is -0.464 e. The second kappa shape index (κ2) is 5.08. The molecule has 0 atom stereocenters. The van der Waals surface area contributed by atoms with Gasteiger partial charge in [-0.3, -0.25) is 5.43 Å². The maximum Gasteiger partial charge on any atom is 0.419 e. The van der Waals surface area contributed by atoms with E-state index in [0.29, 0.717) is 13.0 Å². The monoisotopic (exact) mass is 195 g/mol. The van der Waals surface area contributed by atoms with Gasteiger partial charge in [0.1, 0.15) is 0 Å². The average molecular weight is 195 g/mol. The topological polar surface area (TPSA) is 87.4 Å². The number of rotatable bonds is 4. The van der Waals surface area contributed by atoms with Crippen molar-refractivity contribution < 1.29 is 9.90 Å². The molecule has 0 saturated heterocycles. The van der Waals surface area contributed by atoms with Crippen molar-refractivity contribution in [1.29, 1.82) is 0 Å². The molecule has 5 heteroatoms. The Morgan fingerprint density at radius 3 is 2.79 bits per heavy atom. The fraction of sp³-hybridized carbons (Fsp3) is 0.222. The predicted octanol–water partition coefficient (Wildman–Crippen LogP) is 0.583. The van der Waals surface area contributed by atoms with Crippen LogP contribution in [0.25, 0.3) is 0 Å². The number of carboxylic acid groups (broad SMARTS) is 1. The van der Waals surface area contributed by atoms with Crippen molar-refractivity contribution in [3.05, 3.63) is 29.8 Å². The van der Waals surface area contributed by atoms with Crippen LogP contribution in [0.3, 0.4) is 0 Å². The van der Waals surface area contributed by atoms with Gasteiger partial charge in [0, 0.05) is 12.2 Å². The molecule has 76 valence electrons. The highest BCUT2D eigenvalue weighted by Crippen LogP contribution is 2.09. The standard InChI is InChI=1S/C9H13N3O2/c10-8-4-2-1-3-7(8)5-6-11-12-9(13)14/h1-4,11-12H,5-6,10H2,(H,13,14). The summed E-state index contributed by atoms with van der Waals surface area (Å²) in [6.45, 7) is 0.514. The van der Waals surface area contributed by atoms with Gasteiger partial charge < -0.3 is 10.8 Å². The van der Waals surface area contributed by atoms with Gasteiger partial charge in [-0.1, -0.05) is 18.2 Å². The number of benzene rings is 1. The molecule has 0 spiro atoms. The first-order valence-electron chi connectivity index (χ1n) is 4.25. The van der Waals surface area contributed by atoms with Crippen molar-refractivity contribution >= 4 is 11.8 Å². The van der Waals surface area contributed by atoms with Crippen LogP contribution in [-0.4, -0.2) is 17.7 Å². The first-order valence-corrected chi connectivity index (χ1v) is 4.25. The number of nitrogen functional groups attached to an aromatic ring is 1. The third-order valence-corrected chi connectivity index (χ3v) is 1.77. The Labute approximate surface area is 81.9 Å². The highest BCUT2D eigenvalue weighted by molar-refractivity contribution is 5.63. The Morgan fingerprint density at radius 2 is 2.14 bits per heavy atom. The minimum absolute atomic E-state index is 0.514. The third kappa shape index (κ3) is 3.32. The Hall–Kier alpha value is -1.75. The van der Waals surface area contributed by atoms with Gasteiger partial charge in [-0.15, -0.1) is 0 Å². The average Bonchev–Trinajstić information content (AvgIpc) is 2.15. The van der Waals surface area contributed by atoms with Gasteiger partial charge in [0.05, 0.1) is 0 Å². The predicted molar refractivity (Wildman–Crippen MR) is 53.7 cm³/mol. The molecule has 0 aliphatic rings. The summed E-state index contributed by atoms with van der Waals surface area (Å²) in [6, 6.07) is 7.50. The second-order valence-electron chi connectivity index (χ2n) is 2.81. The minimum atomic E-state index is -1.09. The molecule has 1 aromatic rings. The third-order valence-electron chi connectivity index (χ3n) is 1.77. The molecule has 0 radical (unpaired) electrons. The van der Waals surface area contributed by atoms with Crippen molar-refractivity contribution in [2.45, 2.75) is 6.42 Å². The summed E-state index contributed by atoms with van der Waals surface area (Å²) < 4.78 is 0. The van der Waals surface area contributed by atoms with Crippen LogP contribution in [0.5, 0.6) is 0 Å². The lowest BCUT2D eigenvalue weighted by atomic mass is 10.1. The van der Waals surface area contributed by atoms with E-state index >= 15 is 0 Å². The molecule has 0 unspecified atom stereocenters. The van der Waals surface area contributed by atoms with Gasteiger partial charge in [0.25, 0.3) is 0 Å². The summed E-state index contributed by atoms with van der Waals surface area (Å²) in [5, 5.41) is 8.27. The number of para-hydroxylation sites is 1. The van der Waals surface area contributed by atoms with Gasteiger partial charge >= 0.3 is 6.09 Å². The summed E-state index contributed by atoms with van der Waals surface area (Å²) in [5.74, 6) is 0. The Balaban J connectivity index is 2.31. The lowest BCUT2D eigenvalue weighted by Gasteiger charge is -2.06. The van der Waals surface area contributed by atoms with E-state index in [1.165, 1.54) is 0 Å². The fourth-order valence-corrected chi connectivity index (χ4v) is 1.10. The number of anilines is 1. The molecule has 5 nitrogen and oxygen atoms in total. The van der Waals surface area contributed by atoms with Crippen LogP contribution in [0.2, 0.25) is 0 Å². The van der Waals surface area contributed by atoms with Crippen LogP contribution >= 0.6 is 0 Å². The molecule has 0 aliphatic heterocycles. The van der Waals surface area contributed by atoms with Crippen molar-refractivity contribution in [3.8, 4) is 0 Å². The van der Waals surface area contributed by atoms with Crippen LogP contribution in [0, 0.1) is 0 Å². The van der Waals surface area contributed by atoms with E-state index in [2.05, 4.69) is 10.9 Å². The van der Waals surface area contributed by atoms with Gasteiger partial charge in [0.2, 0.25) is 0 Å². The molecule has 5 N–H and O–H groups in total. The lowest BCUT2D eigenvalue weighted by Crippen LogP contribution is -2.37. The number of amides is 1. The SMILES string of the molecule is Nc1ccccc1CCNNC(=O)O. The molecule has 0 saturated carbocycles. The number of carbonyl (C=O) groups is 1. The van der Waals surface area contributed by atoms with Gasteiger partial charge in [-0.2, -0.15) is 0 Å².